The summed E-state index contributed by atoms with van der Waals surface area (Å²) in [4.78, 5) is 110. The van der Waals surface area contributed by atoms with E-state index in [0.29, 0.717) is 44.1 Å². The van der Waals surface area contributed by atoms with Gasteiger partial charge in [-0.3, -0.25) is 38.4 Å². The van der Waals surface area contributed by atoms with Gasteiger partial charge < -0.3 is 42.0 Å². The maximum atomic E-state index is 15.0. The van der Waals surface area contributed by atoms with Gasteiger partial charge in [0.25, 0.3) is 11.8 Å². The van der Waals surface area contributed by atoms with Crippen molar-refractivity contribution >= 4 is 57.9 Å². The van der Waals surface area contributed by atoms with Gasteiger partial charge in [-0.15, -0.1) is 0 Å². The van der Waals surface area contributed by atoms with Crippen LogP contribution in [0.2, 0.25) is 0 Å². The molecule has 1 saturated carbocycles. The number of carbonyl (C=O) groups is 8. The number of Topliss-reactive ketones (excluding diaryl/α,β-unsaturated/α-hetero) is 1. The summed E-state index contributed by atoms with van der Waals surface area (Å²) < 4.78 is 6.30. The molecule has 6 unspecified atom stereocenters. The van der Waals surface area contributed by atoms with Crippen LogP contribution in [0.3, 0.4) is 0 Å². The Morgan fingerprint density at radius 2 is 1.39 bits per heavy atom. The number of fused-ring (bicyclic) bond motifs is 1. The molecule has 0 spiro atoms. The van der Waals surface area contributed by atoms with E-state index in [1.54, 1.807) is 19.1 Å². The van der Waals surface area contributed by atoms with Crippen LogP contribution < -0.4 is 32.3 Å². The quantitative estimate of drug-likeness (QED) is 0.0656. The van der Waals surface area contributed by atoms with Crippen LogP contribution in [0.1, 0.15) is 127 Å². The van der Waals surface area contributed by atoms with Gasteiger partial charge in [0.1, 0.15) is 24.2 Å². The molecule has 6 atom stereocenters. The van der Waals surface area contributed by atoms with Gasteiger partial charge in [0.05, 0.1) is 25.3 Å². The van der Waals surface area contributed by atoms with Crippen molar-refractivity contribution in [2.24, 2.45) is 11.7 Å². The first-order chi connectivity index (χ1) is 32.3. The van der Waals surface area contributed by atoms with Crippen LogP contribution in [0.25, 0.3) is 10.8 Å². The molecule has 1 aliphatic carbocycles. The monoisotopic (exact) mass is 924 g/mol. The molecule has 0 bridgehead atoms. The fourth-order valence-corrected chi connectivity index (χ4v) is 8.99. The SMILES string of the molecule is CCCCC(NC(=O)C(CCCC)NC(=O)CNC(=O)C(=O)C(CCC)NC(=O)C1CC(OCc2ccccc2)CN1C(=O)C(NC(=O)c1cccc2ccccc12)C1CCCCC1)C(N)=O. The highest BCUT2D eigenvalue weighted by molar-refractivity contribution is 6.38. The first-order valence-electron chi connectivity index (χ1n) is 24.1. The van der Waals surface area contributed by atoms with E-state index < -0.39 is 90.0 Å². The lowest BCUT2D eigenvalue weighted by molar-refractivity contribution is -0.143. The van der Waals surface area contributed by atoms with Crippen LogP contribution in [0, 0.1) is 5.92 Å². The molecular weight excluding hydrogens is 855 g/mol. The molecule has 0 radical (unpaired) electrons. The summed E-state index contributed by atoms with van der Waals surface area (Å²) in [7, 11) is 0. The van der Waals surface area contributed by atoms with E-state index in [1.165, 1.54) is 4.90 Å². The predicted molar refractivity (Wildman–Crippen MR) is 254 cm³/mol. The van der Waals surface area contributed by atoms with Gasteiger partial charge in [-0.05, 0) is 60.4 Å². The van der Waals surface area contributed by atoms with Gasteiger partial charge in [-0.2, -0.15) is 0 Å². The zero-order valence-corrected chi connectivity index (χ0v) is 39.2. The number of unbranched alkanes of at least 4 members (excludes halogenated alkanes) is 2. The van der Waals surface area contributed by atoms with Crippen molar-refractivity contribution < 1.29 is 43.1 Å². The van der Waals surface area contributed by atoms with E-state index >= 15 is 0 Å². The highest BCUT2D eigenvalue weighted by atomic mass is 16.5. The minimum Gasteiger partial charge on any atom is -0.372 e. The van der Waals surface area contributed by atoms with E-state index in [0.717, 1.165) is 48.4 Å². The number of likely N-dealkylation sites (tertiary alicyclic amines) is 1. The van der Waals surface area contributed by atoms with Gasteiger partial charge in [-0.25, -0.2) is 0 Å². The zero-order valence-electron chi connectivity index (χ0n) is 39.2. The number of hydrogen-bond acceptors (Lipinski definition) is 9. The number of benzene rings is 3. The predicted octanol–water partition coefficient (Wildman–Crippen LogP) is 4.51. The van der Waals surface area contributed by atoms with E-state index in [2.05, 4.69) is 26.6 Å². The Bertz CT molecular complexity index is 2170. The number of carbonyl (C=O) groups excluding carboxylic acids is 8. The number of nitrogens with two attached hydrogens (primary N) is 1. The second-order valence-corrected chi connectivity index (χ2v) is 17.8. The summed E-state index contributed by atoms with van der Waals surface area (Å²) >= 11 is 0. The highest BCUT2D eigenvalue weighted by Gasteiger charge is 2.45. The lowest BCUT2D eigenvalue weighted by atomic mass is 9.83. The van der Waals surface area contributed by atoms with Crippen molar-refractivity contribution in [1.82, 2.24) is 31.5 Å². The first kappa shape index (κ1) is 51.8. The molecule has 1 heterocycles. The smallest absolute Gasteiger partial charge is 0.290 e. The summed E-state index contributed by atoms with van der Waals surface area (Å²) in [6.45, 7) is 5.30. The molecule has 16 nitrogen and oxygen atoms in total. The van der Waals surface area contributed by atoms with Crippen LogP contribution in [-0.4, -0.2) is 101 Å². The topological polar surface area (TPSA) is 235 Å². The zero-order chi connectivity index (χ0) is 48.3. The number of nitrogens with zero attached hydrogens (tertiary/aromatic N) is 1. The van der Waals surface area contributed by atoms with Crippen molar-refractivity contribution in [3.63, 3.8) is 0 Å². The van der Waals surface area contributed by atoms with Gasteiger partial charge in [-0.1, -0.05) is 139 Å². The summed E-state index contributed by atoms with van der Waals surface area (Å²) in [6.07, 6.45) is 7.62. The second-order valence-electron chi connectivity index (χ2n) is 17.8. The largest absolute Gasteiger partial charge is 0.372 e. The Morgan fingerprint density at radius 1 is 0.716 bits per heavy atom. The maximum Gasteiger partial charge on any atom is 0.290 e. The van der Waals surface area contributed by atoms with Crippen molar-refractivity contribution in [1.29, 1.82) is 0 Å². The van der Waals surface area contributed by atoms with Gasteiger partial charge in [0.2, 0.25) is 35.3 Å². The summed E-state index contributed by atoms with van der Waals surface area (Å²) in [5.74, 6) is -5.77. The molecule has 7 N–H and O–H groups in total. The molecule has 1 aliphatic heterocycles. The van der Waals surface area contributed by atoms with Crippen LogP contribution in [0.15, 0.2) is 72.8 Å². The molecule has 7 amide bonds. The molecule has 16 heteroatoms. The number of hydrogen-bond donors (Lipinski definition) is 6. The maximum absolute atomic E-state index is 15.0. The third-order valence-electron chi connectivity index (χ3n) is 12.7. The third kappa shape index (κ3) is 14.9. The van der Waals surface area contributed by atoms with Crippen molar-refractivity contribution in [2.75, 3.05) is 13.1 Å². The first-order valence-corrected chi connectivity index (χ1v) is 24.1. The highest BCUT2D eigenvalue weighted by Crippen LogP contribution is 2.31. The van der Waals surface area contributed by atoms with E-state index in [1.807, 2.05) is 74.5 Å². The Hall–Kier alpha value is -6.16. The Morgan fingerprint density at radius 3 is 2.07 bits per heavy atom. The van der Waals surface area contributed by atoms with Crippen LogP contribution >= 0.6 is 0 Å². The van der Waals surface area contributed by atoms with Gasteiger partial charge in [0.15, 0.2) is 0 Å². The van der Waals surface area contributed by atoms with Crippen LogP contribution in [0.4, 0.5) is 0 Å². The standard InChI is InChI=1S/C51H69N7O9/c1-4-7-27-40(46(52)61)56-48(63)41(28-8-5-2)54-43(59)30-53-50(65)45(60)39(18-6-3)55-49(64)42-29-36(67-32-33-19-11-9-12-20-33)31-58(42)51(66)44(35-22-13-10-14-23-35)57-47(62)38-26-17-24-34-21-15-16-25-37(34)38/h9,11-12,15-17,19-21,24-26,35-36,39-42,44H,4-8,10,13-14,18,22-23,27-32H2,1-3H3,(H2,52,61)(H,53,65)(H,54,59)(H,55,64)(H,56,63)(H,57,62). The Kier molecular flexibility index (Phi) is 20.3. The number of primary amides is 1. The molecule has 2 aliphatic rings. The number of ether oxygens (including phenoxy) is 1. The van der Waals surface area contributed by atoms with E-state index in [-0.39, 0.29) is 38.3 Å². The van der Waals surface area contributed by atoms with Gasteiger partial charge in [0, 0.05) is 18.5 Å². The van der Waals surface area contributed by atoms with Crippen molar-refractivity contribution in [3.8, 4) is 0 Å². The molecule has 67 heavy (non-hydrogen) atoms. The number of amides is 7. The molecule has 1 saturated heterocycles. The second kappa shape index (κ2) is 26.2. The molecule has 5 rings (SSSR count). The average molecular weight is 924 g/mol. The fraction of sp³-hybridized carbons (Fsp3) is 0.529. The lowest BCUT2D eigenvalue weighted by Gasteiger charge is -2.35. The Balaban J connectivity index is 1.30. The van der Waals surface area contributed by atoms with Gasteiger partial charge >= 0.3 is 0 Å². The minimum absolute atomic E-state index is 0.0539. The molecule has 2 fully saturated rings. The lowest BCUT2D eigenvalue weighted by Crippen LogP contribution is -2.58. The Labute approximate surface area is 393 Å². The molecule has 3 aromatic rings. The summed E-state index contributed by atoms with van der Waals surface area (Å²) in [5.41, 5.74) is 6.85. The van der Waals surface area contributed by atoms with E-state index in [9.17, 15) is 38.4 Å². The summed E-state index contributed by atoms with van der Waals surface area (Å²) in [5, 5.41) is 15.0. The number of nitrogens with one attached hydrogen (secondary N) is 5. The number of ketones is 1. The van der Waals surface area contributed by atoms with Crippen LogP contribution in [-0.2, 0) is 44.9 Å². The van der Waals surface area contributed by atoms with Crippen LogP contribution in [0.5, 0.6) is 0 Å². The number of rotatable bonds is 25. The minimum atomic E-state index is -1.29. The average Bonchev–Trinajstić information content (AvgIpc) is 3.78. The third-order valence-corrected chi connectivity index (χ3v) is 12.7. The molecule has 3 aromatic carbocycles. The molecular formula is C51H69N7O9. The van der Waals surface area contributed by atoms with Crippen molar-refractivity contribution in [2.45, 2.75) is 154 Å². The fourth-order valence-electron chi connectivity index (χ4n) is 8.99. The normalized spacial score (nSPS) is 17.9. The summed E-state index contributed by atoms with van der Waals surface area (Å²) in [6, 6.07) is 17.2. The van der Waals surface area contributed by atoms with E-state index in [4.69, 9.17) is 10.5 Å². The molecule has 362 valence electrons. The molecule has 0 aromatic heterocycles. The van der Waals surface area contributed by atoms with Crippen molar-refractivity contribution in [3.05, 3.63) is 83.9 Å².